The van der Waals surface area contributed by atoms with Crippen molar-refractivity contribution < 1.29 is 0 Å². The topological polar surface area (TPSA) is 61.7 Å². The summed E-state index contributed by atoms with van der Waals surface area (Å²) < 4.78 is 3.84. The largest absolute Gasteiger partial charge is 0.382 e. The molecule has 0 atom stereocenters. The van der Waals surface area contributed by atoms with Gasteiger partial charge in [0.05, 0.1) is 6.54 Å². The first-order chi connectivity index (χ1) is 7.25. The second-order valence-corrected chi connectivity index (χ2v) is 4.23. The molecule has 0 aliphatic rings. The van der Waals surface area contributed by atoms with Crippen LogP contribution in [0.2, 0.25) is 0 Å². The van der Waals surface area contributed by atoms with Gasteiger partial charge >= 0.3 is 0 Å². The van der Waals surface area contributed by atoms with Gasteiger partial charge in [-0.2, -0.15) is 5.10 Å². The first-order valence-corrected chi connectivity index (χ1v) is 5.63. The number of imidazole rings is 1. The molecule has 80 valence electrons. The molecule has 2 rings (SSSR count). The maximum atomic E-state index is 5.51. The van der Waals surface area contributed by atoms with E-state index in [1.165, 1.54) is 0 Å². The fraction of sp³-hybridized carbons (Fsp3) is 0.333. The quantitative estimate of drug-likeness (QED) is 0.785. The molecule has 2 aromatic heterocycles. The maximum absolute atomic E-state index is 5.51. The molecule has 0 fully saturated rings. The van der Waals surface area contributed by atoms with Gasteiger partial charge in [-0.15, -0.1) is 0 Å². The van der Waals surface area contributed by atoms with Crippen molar-refractivity contribution in [2.45, 2.75) is 11.7 Å². The van der Waals surface area contributed by atoms with E-state index in [1.807, 2.05) is 28.7 Å². The fourth-order valence-corrected chi connectivity index (χ4v) is 2.08. The zero-order chi connectivity index (χ0) is 10.7. The average Bonchev–Trinajstić information content (AvgIpc) is 2.77. The minimum absolute atomic E-state index is 0.567. The predicted molar refractivity (Wildman–Crippen MR) is 60.6 cm³/mol. The van der Waals surface area contributed by atoms with Crippen LogP contribution in [0.1, 0.15) is 0 Å². The van der Waals surface area contributed by atoms with Crippen molar-refractivity contribution in [2.24, 2.45) is 7.05 Å². The molecule has 2 N–H and O–H groups in total. The molecule has 0 spiro atoms. The van der Waals surface area contributed by atoms with Crippen LogP contribution in [0.4, 0.5) is 5.82 Å². The van der Waals surface area contributed by atoms with Crippen LogP contribution < -0.4 is 5.73 Å². The number of nitrogens with zero attached hydrogens (tertiary/aromatic N) is 4. The minimum atomic E-state index is 0.567. The lowest BCUT2D eigenvalue weighted by Gasteiger charge is -2.01. The van der Waals surface area contributed by atoms with E-state index in [9.17, 15) is 0 Å². The third-order valence-corrected chi connectivity index (χ3v) is 3.03. The summed E-state index contributed by atoms with van der Waals surface area (Å²) in [6.07, 6.45) is 5.62. The zero-order valence-electron chi connectivity index (χ0n) is 8.50. The van der Waals surface area contributed by atoms with Crippen molar-refractivity contribution in [3.05, 3.63) is 24.7 Å². The van der Waals surface area contributed by atoms with Crippen LogP contribution in [0.15, 0.2) is 29.8 Å². The summed E-state index contributed by atoms with van der Waals surface area (Å²) in [6.45, 7) is 0.842. The Balaban J connectivity index is 1.83. The van der Waals surface area contributed by atoms with E-state index in [2.05, 4.69) is 10.1 Å². The lowest BCUT2D eigenvalue weighted by Crippen LogP contribution is -2.02. The van der Waals surface area contributed by atoms with E-state index in [-0.39, 0.29) is 0 Å². The molecule has 15 heavy (non-hydrogen) atoms. The predicted octanol–water partition coefficient (Wildman–Crippen LogP) is 0.991. The number of anilines is 1. The Kier molecular flexibility index (Phi) is 2.96. The first-order valence-electron chi connectivity index (χ1n) is 4.65. The lowest BCUT2D eigenvalue weighted by molar-refractivity contribution is 0.667. The summed E-state index contributed by atoms with van der Waals surface area (Å²) in [7, 11) is 1.99. The molecular weight excluding hydrogens is 210 g/mol. The van der Waals surface area contributed by atoms with E-state index >= 15 is 0 Å². The van der Waals surface area contributed by atoms with Gasteiger partial charge in [0.2, 0.25) is 0 Å². The average molecular weight is 223 g/mol. The van der Waals surface area contributed by atoms with Gasteiger partial charge < -0.3 is 10.3 Å². The monoisotopic (exact) mass is 223 g/mol. The van der Waals surface area contributed by atoms with Crippen molar-refractivity contribution in [3.8, 4) is 0 Å². The molecule has 2 aromatic rings. The number of nitrogens with two attached hydrogens (primary N) is 1. The number of aryl methyl sites for hydroxylation is 2. The Hall–Kier alpha value is -1.43. The van der Waals surface area contributed by atoms with E-state index in [0.717, 1.165) is 17.5 Å². The van der Waals surface area contributed by atoms with Gasteiger partial charge in [-0.05, 0) is 6.07 Å². The summed E-state index contributed by atoms with van der Waals surface area (Å²) in [5.41, 5.74) is 5.51. The Labute approximate surface area is 92.3 Å². The van der Waals surface area contributed by atoms with E-state index < -0.39 is 0 Å². The van der Waals surface area contributed by atoms with Gasteiger partial charge in [0.15, 0.2) is 5.16 Å². The third-order valence-electron chi connectivity index (χ3n) is 1.99. The highest BCUT2D eigenvalue weighted by molar-refractivity contribution is 7.99. The SMILES string of the molecule is Cn1ccnc1SCCn1ccc(N)n1. The maximum Gasteiger partial charge on any atom is 0.167 e. The van der Waals surface area contributed by atoms with Crippen molar-refractivity contribution in [3.63, 3.8) is 0 Å². The highest BCUT2D eigenvalue weighted by Gasteiger charge is 2.00. The van der Waals surface area contributed by atoms with Crippen LogP contribution in [0.5, 0.6) is 0 Å². The number of thioether (sulfide) groups is 1. The van der Waals surface area contributed by atoms with Crippen molar-refractivity contribution in [1.82, 2.24) is 19.3 Å². The van der Waals surface area contributed by atoms with Crippen LogP contribution >= 0.6 is 11.8 Å². The van der Waals surface area contributed by atoms with E-state index in [4.69, 9.17) is 5.73 Å². The smallest absolute Gasteiger partial charge is 0.167 e. The second-order valence-electron chi connectivity index (χ2n) is 3.17. The molecule has 0 unspecified atom stereocenters. The molecule has 0 saturated heterocycles. The second kappa shape index (κ2) is 4.39. The van der Waals surface area contributed by atoms with Crippen molar-refractivity contribution in [1.29, 1.82) is 0 Å². The van der Waals surface area contributed by atoms with Crippen molar-refractivity contribution >= 4 is 17.6 Å². The van der Waals surface area contributed by atoms with Gasteiger partial charge in [-0.3, -0.25) is 4.68 Å². The molecule has 2 heterocycles. The van der Waals surface area contributed by atoms with Gasteiger partial charge in [-0.25, -0.2) is 4.98 Å². The number of hydrogen-bond acceptors (Lipinski definition) is 4. The summed E-state index contributed by atoms with van der Waals surface area (Å²) in [4.78, 5) is 4.22. The van der Waals surface area contributed by atoms with E-state index in [1.54, 1.807) is 24.0 Å². The highest BCUT2D eigenvalue weighted by atomic mass is 32.2. The van der Waals surface area contributed by atoms with Crippen LogP contribution in [0, 0.1) is 0 Å². The Bertz CT molecular complexity index is 433. The Morgan fingerprint density at radius 2 is 2.33 bits per heavy atom. The number of nitrogen functional groups attached to an aromatic ring is 1. The van der Waals surface area contributed by atoms with E-state index in [0.29, 0.717) is 5.82 Å². The summed E-state index contributed by atoms with van der Waals surface area (Å²) in [5, 5.41) is 5.13. The fourth-order valence-electron chi connectivity index (χ4n) is 1.22. The summed E-state index contributed by atoms with van der Waals surface area (Å²) in [5.74, 6) is 1.50. The molecule has 6 heteroatoms. The van der Waals surface area contributed by atoms with Gasteiger partial charge in [0.1, 0.15) is 5.82 Å². The molecule has 0 aliphatic heterocycles. The molecule has 5 nitrogen and oxygen atoms in total. The Morgan fingerprint density at radius 3 is 2.93 bits per heavy atom. The van der Waals surface area contributed by atoms with Crippen LogP contribution in [0.25, 0.3) is 0 Å². The van der Waals surface area contributed by atoms with Gasteiger partial charge in [0.25, 0.3) is 0 Å². The molecule has 0 aromatic carbocycles. The Morgan fingerprint density at radius 1 is 1.47 bits per heavy atom. The van der Waals surface area contributed by atoms with Crippen LogP contribution in [0.3, 0.4) is 0 Å². The summed E-state index contributed by atoms with van der Waals surface area (Å²) >= 11 is 1.71. The number of rotatable bonds is 4. The highest BCUT2D eigenvalue weighted by Crippen LogP contribution is 2.14. The first kappa shape index (κ1) is 10.1. The zero-order valence-corrected chi connectivity index (χ0v) is 9.31. The van der Waals surface area contributed by atoms with Crippen molar-refractivity contribution in [2.75, 3.05) is 11.5 Å². The third kappa shape index (κ3) is 2.53. The molecule has 0 saturated carbocycles. The molecule has 0 aliphatic carbocycles. The summed E-state index contributed by atoms with van der Waals surface area (Å²) in [6, 6.07) is 1.80. The van der Waals surface area contributed by atoms with Gasteiger partial charge in [-0.1, -0.05) is 11.8 Å². The van der Waals surface area contributed by atoms with Crippen LogP contribution in [-0.2, 0) is 13.6 Å². The van der Waals surface area contributed by atoms with Crippen LogP contribution in [-0.4, -0.2) is 25.1 Å². The molecule has 0 bridgehead atoms. The normalized spacial score (nSPS) is 10.7. The lowest BCUT2D eigenvalue weighted by atomic mass is 10.7. The number of hydrogen-bond donors (Lipinski definition) is 1. The van der Waals surface area contributed by atoms with Gasteiger partial charge in [0, 0.05) is 31.4 Å². The number of aromatic nitrogens is 4. The molecular formula is C9H13N5S. The standard InChI is InChI=1S/C9H13N5S/c1-13-5-3-11-9(13)15-7-6-14-4-2-8(10)12-14/h2-5H,6-7H2,1H3,(H2,10,12). The minimum Gasteiger partial charge on any atom is -0.382 e. The molecule has 0 amide bonds. The molecule has 0 radical (unpaired) electrons.